The van der Waals surface area contributed by atoms with Gasteiger partial charge in [0.2, 0.25) is 5.91 Å². The van der Waals surface area contributed by atoms with E-state index in [4.69, 9.17) is 0 Å². The quantitative estimate of drug-likeness (QED) is 0.782. The molecule has 2 rings (SSSR count). The highest BCUT2D eigenvalue weighted by atomic mass is 16.2. The molecule has 0 saturated heterocycles. The number of nitrogens with zero attached hydrogens (tertiary/aromatic N) is 2. The zero-order chi connectivity index (χ0) is 12.6. The van der Waals surface area contributed by atoms with Gasteiger partial charge in [0.25, 0.3) is 0 Å². The third kappa shape index (κ3) is 2.02. The molecule has 1 aromatic carbocycles. The second-order valence-corrected chi connectivity index (χ2v) is 4.90. The SMILES string of the molecule is CCN1C(=O)CN(C)c2ccc(C(C)C)cc21. The van der Waals surface area contributed by atoms with Crippen LogP contribution in [-0.4, -0.2) is 26.0 Å². The molecule has 0 bridgehead atoms. The number of anilines is 2. The van der Waals surface area contributed by atoms with E-state index >= 15 is 0 Å². The lowest BCUT2D eigenvalue weighted by Crippen LogP contribution is -2.44. The average molecular weight is 232 g/mol. The molecule has 92 valence electrons. The molecule has 1 heterocycles. The fraction of sp³-hybridized carbons (Fsp3) is 0.500. The summed E-state index contributed by atoms with van der Waals surface area (Å²) in [7, 11) is 1.97. The molecule has 0 fully saturated rings. The summed E-state index contributed by atoms with van der Waals surface area (Å²) in [6.07, 6.45) is 0. The van der Waals surface area contributed by atoms with Crippen molar-refractivity contribution >= 4 is 17.3 Å². The minimum Gasteiger partial charge on any atom is -0.364 e. The Morgan fingerprint density at radius 1 is 1.29 bits per heavy atom. The number of hydrogen-bond acceptors (Lipinski definition) is 2. The van der Waals surface area contributed by atoms with Gasteiger partial charge in [-0.2, -0.15) is 0 Å². The van der Waals surface area contributed by atoms with E-state index in [1.165, 1.54) is 5.56 Å². The maximum atomic E-state index is 12.0. The fourth-order valence-electron chi connectivity index (χ4n) is 2.29. The maximum Gasteiger partial charge on any atom is 0.246 e. The van der Waals surface area contributed by atoms with E-state index < -0.39 is 0 Å². The number of benzene rings is 1. The van der Waals surface area contributed by atoms with Crippen molar-refractivity contribution in [2.45, 2.75) is 26.7 Å². The Bertz CT molecular complexity index is 440. The van der Waals surface area contributed by atoms with E-state index in [2.05, 4.69) is 32.0 Å². The van der Waals surface area contributed by atoms with E-state index in [1.807, 2.05) is 23.8 Å². The van der Waals surface area contributed by atoms with Crippen molar-refractivity contribution in [3.05, 3.63) is 23.8 Å². The molecule has 0 aromatic heterocycles. The molecule has 1 amide bonds. The standard InChI is InChI=1S/C14H20N2O/c1-5-16-13-8-11(10(2)3)6-7-12(13)15(4)9-14(16)17/h6-8,10H,5,9H2,1-4H3. The average Bonchev–Trinajstić information content (AvgIpc) is 2.28. The molecule has 17 heavy (non-hydrogen) atoms. The van der Waals surface area contributed by atoms with Gasteiger partial charge < -0.3 is 9.80 Å². The van der Waals surface area contributed by atoms with Gasteiger partial charge in [-0.3, -0.25) is 4.79 Å². The summed E-state index contributed by atoms with van der Waals surface area (Å²) in [5.41, 5.74) is 3.48. The summed E-state index contributed by atoms with van der Waals surface area (Å²) in [5, 5.41) is 0. The Morgan fingerprint density at radius 2 is 2.00 bits per heavy atom. The number of likely N-dealkylation sites (N-methyl/N-ethyl adjacent to an activating group) is 2. The predicted octanol–water partition coefficient (Wildman–Crippen LogP) is 2.61. The lowest BCUT2D eigenvalue weighted by atomic mass is 10.0. The van der Waals surface area contributed by atoms with E-state index in [9.17, 15) is 4.79 Å². The van der Waals surface area contributed by atoms with Crippen LogP contribution in [0.1, 0.15) is 32.3 Å². The van der Waals surface area contributed by atoms with Crippen LogP contribution in [0.2, 0.25) is 0 Å². The number of carbonyl (C=O) groups excluding carboxylic acids is 1. The molecule has 1 aliphatic rings. The Morgan fingerprint density at radius 3 is 2.59 bits per heavy atom. The van der Waals surface area contributed by atoms with E-state index in [-0.39, 0.29) is 5.91 Å². The van der Waals surface area contributed by atoms with E-state index in [1.54, 1.807) is 0 Å². The predicted molar refractivity (Wildman–Crippen MR) is 71.8 cm³/mol. The second kappa shape index (κ2) is 4.40. The summed E-state index contributed by atoms with van der Waals surface area (Å²) >= 11 is 0. The van der Waals surface area contributed by atoms with Gasteiger partial charge in [-0.05, 0) is 30.5 Å². The minimum absolute atomic E-state index is 0.184. The van der Waals surface area contributed by atoms with Gasteiger partial charge in [0.1, 0.15) is 0 Å². The molecule has 0 saturated carbocycles. The van der Waals surface area contributed by atoms with Crippen molar-refractivity contribution < 1.29 is 4.79 Å². The highest BCUT2D eigenvalue weighted by molar-refractivity contribution is 6.03. The molecule has 0 radical (unpaired) electrons. The van der Waals surface area contributed by atoms with Crippen LogP contribution in [0.3, 0.4) is 0 Å². The van der Waals surface area contributed by atoms with Crippen LogP contribution in [0, 0.1) is 0 Å². The number of fused-ring (bicyclic) bond motifs is 1. The van der Waals surface area contributed by atoms with Gasteiger partial charge in [-0.1, -0.05) is 19.9 Å². The Hall–Kier alpha value is -1.51. The molecule has 0 unspecified atom stereocenters. The molecule has 0 N–H and O–H groups in total. The maximum absolute atomic E-state index is 12.0. The first-order valence-corrected chi connectivity index (χ1v) is 6.20. The summed E-state index contributed by atoms with van der Waals surface area (Å²) in [4.78, 5) is 15.9. The van der Waals surface area contributed by atoms with Crippen LogP contribution in [0.5, 0.6) is 0 Å². The largest absolute Gasteiger partial charge is 0.364 e. The van der Waals surface area contributed by atoms with Gasteiger partial charge in [0.05, 0.1) is 17.9 Å². The summed E-state index contributed by atoms with van der Waals surface area (Å²) in [6, 6.07) is 6.43. The van der Waals surface area contributed by atoms with Crippen molar-refractivity contribution in [1.82, 2.24) is 0 Å². The third-order valence-electron chi connectivity index (χ3n) is 3.36. The molecule has 1 aliphatic heterocycles. The second-order valence-electron chi connectivity index (χ2n) is 4.90. The van der Waals surface area contributed by atoms with Crippen LogP contribution < -0.4 is 9.80 Å². The zero-order valence-corrected chi connectivity index (χ0v) is 11.0. The molecule has 3 heteroatoms. The van der Waals surface area contributed by atoms with Crippen LogP contribution in [0.25, 0.3) is 0 Å². The van der Waals surface area contributed by atoms with Crippen LogP contribution in [0.4, 0.5) is 11.4 Å². The van der Waals surface area contributed by atoms with Gasteiger partial charge in [0, 0.05) is 13.6 Å². The molecule has 0 atom stereocenters. The Kier molecular flexibility index (Phi) is 3.09. The zero-order valence-electron chi connectivity index (χ0n) is 11.0. The van der Waals surface area contributed by atoms with Crippen molar-refractivity contribution in [2.75, 3.05) is 29.9 Å². The van der Waals surface area contributed by atoms with Gasteiger partial charge in [-0.15, -0.1) is 0 Å². The fourth-order valence-corrected chi connectivity index (χ4v) is 2.29. The topological polar surface area (TPSA) is 23.6 Å². The lowest BCUT2D eigenvalue weighted by Gasteiger charge is -2.35. The van der Waals surface area contributed by atoms with Crippen LogP contribution in [0.15, 0.2) is 18.2 Å². The third-order valence-corrected chi connectivity index (χ3v) is 3.36. The molecule has 1 aromatic rings. The minimum atomic E-state index is 0.184. The smallest absolute Gasteiger partial charge is 0.246 e. The molecule has 0 spiro atoms. The number of amides is 1. The van der Waals surface area contributed by atoms with E-state index in [0.717, 1.165) is 17.9 Å². The van der Waals surface area contributed by atoms with Gasteiger partial charge in [0.15, 0.2) is 0 Å². The van der Waals surface area contributed by atoms with E-state index in [0.29, 0.717) is 12.5 Å². The van der Waals surface area contributed by atoms with Crippen molar-refractivity contribution in [1.29, 1.82) is 0 Å². The van der Waals surface area contributed by atoms with Crippen molar-refractivity contribution in [3.63, 3.8) is 0 Å². The monoisotopic (exact) mass is 232 g/mol. The summed E-state index contributed by atoms with van der Waals surface area (Å²) < 4.78 is 0. The number of rotatable bonds is 2. The van der Waals surface area contributed by atoms with Crippen LogP contribution in [-0.2, 0) is 4.79 Å². The first kappa shape index (κ1) is 12.0. The first-order valence-electron chi connectivity index (χ1n) is 6.20. The molecule has 3 nitrogen and oxygen atoms in total. The van der Waals surface area contributed by atoms with Gasteiger partial charge >= 0.3 is 0 Å². The Balaban J connectivity index is 2.52. The molecule has 0 aliphatic carbocycles. The summed E-state index contributed by atoms with van der Waals surface area (Å²) in [6.45, 7) is 7.58. The first-order chi connectivity index (χ1) is 8.04. The molecular formula is C14H20N2O. The van der Waals surface area contributed by atoms with Crippen molar-refractivity contribution in [2.24, 2.45) is 0 Å². The summed E-state index contributed by atoms with van der Waals surface area (Å²) in [5.74, 6) is 0.671. The molecular weight excluding hydrogens is 212 g/mol. The van der Waals surface area contributed by atoms with Crippen LogP contribution >= 0.6 is 0 Å². The highest BCUT2D eigenvalue weighted by Crippen LogP contribution is 2.35. The normalized spacial score (nSPS) is 15.5. The number of carbonyl (C=O) groups is 1. The van der Waals surface area contributed by atoms with Crippen molar-refractivity contribution in [3.8, 4) is 0 Å². The van der Waals surface area contributed by atoms with Gasteiger partial charge in [-0.25, -0.2) is 0 Å². The lowest BCUT2D eigenvalue weighted by molar-refractivity contribution is -0.117. The number of hydrogen-bond donors (Lipinski definition) is 0. The Labute approximate surface area is 103 Å². The highest BCUT2D eigenvalue weighted by Gasteiger charge is 2.26.